The molecule has 2 aromatic heterocycles. The molecule has 4 rings (SSSR count). The first-order valence-electron chi connectivity index (χ1n) is 9.21. The monoisotopic (exact) mass is 455 g/mol. The lowest BCUT2D eigenvalue weighted by molar-refractivity contribution is -0.383. The Morgan fingerprint density at radius 3 is 2.83 bits per heavy atom. The molecule has 9 heteroatoms. The van der Waals surface area contributed by atoms with E-state index in [1.807, 2.05) is 6.07 Å². The highest BCUT2D eigenvalue weighted by Gasteiger charge is 2.28. The molecular weight excluding hydrogens is 438 g/mol. The summed E-state index contributed by atoms with van der Waals surface area (Å²) >= 11 is 3.33. The average Bonchev–Trinajstić information content (AvgIpc) is 2.74. The molecule has 1 saturated heterocycles. The standard InChI is InChI=1S/C20H18BrN5O3/c21-14-3-6-19(23-10-14)24-20(27)13-2-1-9-25(12-13)17-4-5-18(26(28)29)16-11-22-8-7-15(16)17/h3-8,10-11,13H,1-2,9,12H2,(H,23,24,27)/t13-/m1/s1. The number of hydrogen-bond acceptors (Lipinski definition) is 6. The van der Waals surface area contributed by atoms with Crippen molar-refractivity contribution in [1.82, 2.24) is 9.97 Å². The Morgan fingerprint density at radius 2 is 2.07 bits per heavy atom. The molecule has 0 unspecified atom stereocenters. The molecule has 1 atom stereocenters. The third-order valence-electron chi connectivity index (χ3n) is 5.08. The summed E-state index contributed by atoms with van der Waals surface area (Å²) in [7, 11) is 0. The fourth-order valence-electron chi connectivity index (χ4n) is 3.68. The number of non-ortho nitro benzene ring substituents is 1. The number of anilines is 2. The molecule has 0 aliphatic carbocycles. The van der Waals surface area contributed by atoms with Crippen LogP contribution in [0.25, 0.3) is 10.8 Å². The number of hydrogen-bond donors (Lipinski definition) is 1. The van der Waals surface area contributed by atoms with Crippen molar-refractivity contribution in [3.63, 3.8) is 0 Å². The van der Waals surface area contributed by atoms with Crippen molar-refractivity contribution in [3.05, 3.63) is 63.5 Å². The fraction of sp³-hybridized carbons (Fsp3) is 0.250. The number of halogens is 1. The molecule has 1 aliphatic heterocycles. The lowest BCUT2D eigenvalue weighted by atomic mass is 9.95. The lowest BCUT2D eigenvalue weighted by Gasteiger charge is -2.34. The van der Waals surface area contributed by atoms with E-state index in [2.05, 4.69) is 36.1 Å². The van der Waals surface area contributed by atoms with Crippen molar-refractivity contribution in [3.8, 4) is 0 Å². The van der Waals surface area contributed by atoms with Crippen LogP contribution >= 0.6 is 15.9 Å². The van der Waals surface area contributed by atoms with E-state index in [9.17, 15) is 14.9 Å². The number of amides is 1. The smallest absolute Gasteiger partial charge is 0.278 e. The molecule has 29 heavy (non-hydrogen) atoms. The molecule has 3 aromatic rings. The lowest BCUT2D eigenvalue weighted by Crippen LogP contribution is -2.41. The molecule has 0 bridgehead atoms. The molecule has 148 valence electrons. The quantitative estimate of drug-likeness (QED) is 0.468. The second-order valence-electron chi connectivity index (χ2n) is 6.92. The van der Waals surface area contributed by atoms with Crippen LogP contribution in [-0.4, -0.2) is 33.9 Å². The summed E-state index contributed by atoms with van der Waals surface area (Å²) in [5.41, 5.74) is 0.914. The largest absolute Gasteiger partial charge is 0.370 e. The van der Waals surface area contributed by atoms with Crippen LogP contribution in [0, 0.1) is 16.0 Å². The molecular formula is C20H18BrN5O3. The van der Waals surface area contributed by atoms with Crippen molar-refractivity contribution in [1.29, 1.82) is 0 Å². The number of rotatable bonds is 4. The topological polar surface area (TPSA) is 101 Å². The number of aromatic nitrogens is 2. The van der Waals surface area contributed by atoms with Gasteiger partial charge in [-0.2, -0.15) is 0 Å². The number of benzene rings is 1. The minimum Gasteiger partial charge on any atom is -0.370 e. The maximum atomic E-state index is 12.7. The number of carbonyl (C=O) groups excluding carboxylic acids is 1. The van der Waals surface area contributed by atoms with Crippen LogP contribution in [0.2, 0.25) is 0 Å². The zero-order valence-corrected chi connectivity index (χ0v) is 17.0. The van der Waals surface area contributed by atoms with Gasteiger partial charge >= 0.3 is 0 Å². The molecule has 1 aliphatic rings. The van der Waals surface area contributed by atoms with Gasteiger partial charge in [0.2, 0.25) is 5.91 Å². The summed E-state index contributed by atoms with van der Waals surface area (Å²) in [5, 5.41) is 15.5. The SMILES string of the molecule is O=C(Nc1ccc(Br)cn1)[C@@H]1CCCN(c2ccc([N+](=O)[O-])c3cnccc23)C1. The van der Waals surface area contributed by atoms with Crippen LogP contribution in [-0.2, 0) is 4.79 Å². The highest BCUT2D eigenvalue weighted by molar-refractivity contribution is 9.10. The van der Waals surface area contributed by atoms with Crippen LogP contribution in [0.3, 0.4) is 0 Å². The van der Waals surface area contributed by atoms with Gasteiger partial charge in [-0.3, -0.25) is 19.9 Å². The molecule has 1 amide bonds. The molecule has 0 saturated carbocycles. The van der Waals surface area contributed by atoms with Crippen LogP contribution in [0.4, 0.5) is 17.2 Å². The van der Waals surface area contributed by atoms with Gasteiger partial charge in [0.1, 0.15) is 5.82 Å². The minimum absolute atomic E-state index is 0.0319. The zero-order valence-electron chi connectivity index (χ0n) is 15.4. The normalized spacial score (nSPS) is 16.6. The number of pyridine rings is 2. The van der Waals surface area contributed by atoms with Crippen molar-refractivity contribution in [2.75, 3.05) is 23.3 Å². The summed E-state index contributed by atoms with van der Waals surface area (Å²) in [6.45, 7) is 1.33. The molecule has 1 fully saturated rings. The van der Waals surface area contributed by atoms with Crippen molar-refractivity contribution < 1.29 is 9.72 Å². The van der Waals surface area contributed by atoms with E-state index in [1.165, 1.54) is 12.3 Å². The molecule has 1 N–H and O–H groups in total. The van der Waals surface area contributed by atoms with Crippen LogP contribution in [0.5, 0.6) is 0 Å². The van der Waals surface area contributed by atoms with E-state index >= 15 is 0 Å². The third-order valence-corrected chi connectivity index (χ3v) is 5.55. The number of piperidine rings is 1. The van der Waals surface area contributed by atoms with Gasteiger partial charge < -0.3 is 10.2 Å². The van der Waals surface area contributed by atoms with Crippen LogP contribution < -0.4 is 10.2 Å². The van der Waals surface area contributed by atoms with E-state index in [0.29, 0.717) is 17.7 Å². The summed E-state index contributed by atoms with van der Waals surface area (Å²) in [6.07, 6.45) is 6.42. The first-order chi connectivity index (χ1) is 14.0. The van der Waals surface area contributed by atoms with E-state index in [-0.39, 0.29) is 17.5 Å². The first kappa shape index (κ1) is 19.3. The van der Waals surface area contributed by atoms with Crippen molar-refractivity contribution in [2.24, 2.45) is 5.92 Å². The molecule has 0 spiro atoms. The van der Waals surface area contributed by atoms with E-state index in [1.54, 1.807) is 30.6 Å². The molecule has 3 heterocycles. The predicted molar refractivity (Wildman–Crippen MR) is 114 cm³/mol. The minimum atomic E-state index is -0.397. The molecule has 1 aromatic carbocycles. The number of nitro groups is 1. The second kappa shape index (κ2) is 8.12. The van der Waals surface area contributed by atoms with Crippen LogP contribution in [0.1, 0.15) is 12.8 Å². The number of carbonyl (C=O) groups is 1. The average molecular weight is 456 g/mol. The van der Waals surface area contributed by atoms with Gasteiger partial charge in [0.05, 0.1) is 16.2 Å². The summed E-state index contributed by atoms with van der Waals surface area (Å²) in [4.78, 5) is 34.0. The molecule has 0 radical (unpaired) electrons. The van der Waals surface area contributed by atoms with Gasteiger partial charge in [0, 0.05) is 53.3 Å². The van der Waals surface area contributed by atoms with Crippen molar-refractivity contribution in [2.45, 2.75) is 12.8 Å². The summed E-state index contributed by atoms with van der Waals surface area (Å²) in [6, 6.07) is 8.63. The Hall–Kier alpha value is -3.07. The van der Waals surface area contributed by atoms with Crippen molar-refractivity contribution >= 4 is 49.8 Å². The maximum Gasteiger partial charge on any atom is 0.278 e. The van der Waals surface area contributed by atoms with E-state index in [0.717, 1.165) is 34.9 Å². The second-order valence-corrected chi connectivity index (χ2v) is 7.83. The van der Waals surface area contributed by atoms with E-state index in [4.69, 9.17) is 0 Å². The summed E-state index contributed by atoms with van der Waals surface area (Å²) < 4.78 is 0.846. The van der Waals surface area contributed by atoms with Gasteiger partial charge in [-0.05, 0) is 53.0 Å². The first-order valence-corrected chi connectivity index (χ1v) is 10.0. The Balaban J connectivity index is 1.57. The number of fused-ring (bicyclic) bond motifs is 1. The van der Waals surface area contributed by atoms with Gasteiger partial charge in [0.15, 0.2) is 0 Å². The van der Waals surface area contributed by atoms with Gasteiger partial charge in [-0.25, -0.2) is 4.98 Å². The number of nitrogens with one attached hydrogen (secondary N) is 1. The van der Waals surface area contributed by atoms with E-state index < -0.39 is 4.92 Å². The maximum absolute atomic E-state index is 12.7. The number of nitro benzene ring substituents is 1. The van der Waals surface area contributed by atoms with Crippen LogP contribution in [0.15, 0.2) is 53.4 Å². The number of nitrogens with zero attached hydrogens (tertiary/aromatic N) is 4. The summed E-state index contributed by atoms with van der Waals surface area (Å²) in [5.74, 6) is 0.251. The predicted octanol–water partition coefficient (Wildman–Crippen LogP) is 4.16. The highest BCUT2D eigenvalue weighted by atomic mass is 79.9. The van der Waals surface area contributed by atoms with Gasteiger partial charge in [-0.15, -0.1) is 0 Å². The van der Waals surface area contributed by atoms with Gasteiger partial charge in [0.25, 0.3) is 5.69 Å². The fourth-order valence-corrected chi connectivity index (χ4v) is 3.92. The zero-order chi connectivity index (χ0) is 20.4. The highest BCUT2D eigenvalue weighted by Crippen LogP contribution is 2.35. The van der Waals surface area contributed by atoms with Gasteiger partial charge in [-0.1, -0.05) is 0 Å². The Labute approximate surface area is 175 Å². The Kier molecular flexibility index (Phi) is 5.39. The molecule has 8 nitrogen and oxygen atoms in total. The Morgan fingerprint density at radius 1 is 1.21 bits per heavy atom. The Bertz CT molecular complexity index is 1070. The third kappa shape index (κ3) is 4.04.